The Morgan fingerprint density at radius 1 is 0.712 bits per heavy atom. The summed E-state index contributed by atoms with van der Waals surface area (Å²) >= 11 is 0. The van der Waals surface area contributed by atoms with Gasteiger partial charge >= 0.3 is 18.1 Å². The van der Waals surface area contributed by atoms with Gasteiger partial charge in [0.05, 0.1) is 97.3 Å². The second kappa shape index (κ2) is 29.7. The molecular formula is C42H59F3N4O17. The standard InChI is InChI=1S/C42H59F3N4O17/c43-42(44,45)39(57)47-12-15-62-17-19-64-21-20-63-18-16-61-14-11-46-33(53)10-13-60-22-23-65-41(40(58)59)25-31(51)36(49-35(55)27-50)38(66-41)37(56)32(52)26-48-34(54)24-28-6-8-30(9-7-28)29-4-2-1-3-5-29/h1-9,31-32,36-38,50-52,56H,10-27H2,(H,46,53)(H,47,57)(H,48,54)(H,49,55)(H,58,59)/t31-,32+,36+,37+,38+,41+/m0/s1. The van der Waals surface area contributed by atoms with Crippen molar-refractivity contribution in [2.24, 2.45) is 0 Å². The largest absolute Gasteiger partial charge is 0.477 e. The summed E-state index contributed by atoms with van der Waals surface area (Å²) in [6, 6.07) is 15.3. The van der Waals surface area contributed by atoms with Crippen molar-refractivity contribution in [2.45, 2.75) is 61.7 Å². The second-order valence-electron chi connectivity index (χ2n) is 14.5. The van der Waals surface area contributed by atoms with Crippen LogP contribution < -0.4 is 21.3 Å². The fourth-order valence-corrected chi connectivity index (χ4v) is 6.18. The SMILES string of the molecule is O=C(CCOCCO[C@]1(C(=O)O)C[C@H](O)[C@@H](NC(=O)CO)[C@H]([C@H](O)[C@H](O)CNC(=O)Cc2ccc(-c3ccccc3)cc2)O1)NCCOCCOCCOCCOCCNC(=O)C(F)(F)F. The minimum Gasteiger partial charge on any atom is -0.477 e. The Morgan fingerprint density at radius 3 is 1.83 bits per heavy atom. The molecule has 0 aliphatic carbocycles. The van der Waals surface area contributed by atoms with Gasteiger partial charge in [0.2, 0.25) is 17.7 Å². The fourth-order valence-electron chi connectivity index (χ4n) is 6.18. The highest BCUT2D eigenvalue weighted by atomic mass is 19.4. The van der Waals surface area contributed by atoms with Crippen LogP contribution in [0.4, 0.5) is 13.2 Å². The van der Waals surface area contributed by atoms with E-state index in [1.807, 2.05) is 42.5 Å². The predicted octanol–water partition coefficient (Wildman–Crippen LogP) is -1.57. The van der Waals surface area contributed by atoms with Gasteiger partial charge in [0.25, 0.3) is 5.79 Å². The highest BCUT2D eigenvalue weighted by Crippen LogP contribution is 2.33. The summed E-state index contributed by atoms with van der Waals surface area (Å²) in [7, 11) is 0. The molecule has 0 radical (unpaired) electrons. The summed E-state index contributed by atoms with van der Waals surface area (Å²) in [5.74, 6) is -8.23. The van der Waals surface area contributed by atoms with Crippen LogP contribution in [0.1, 0.15) is 18.4 Å². The Kier molecular flexibility index (Phi) is 25.0. The van der Waals surface area contributed by atoms with Crippen molar-refractivity contribution in [3.63, 3.8) is 0 Å². The van der Waals surface area contributed by atoms with Crippen molar-refractivity contribution in [1.29, 1.82) is 0 Å². The van der Waals surface area contributed by atoms with E-state index in [9.17, 15) is 62.7 Å². The van der Waals surface area contributed by atoms with E-state index in [1.54, 1.807) is 17.4 Å². The number of nitrogens with one attached hydrogen (secondary N) is 4. The number of rotatable bonds is 32. The van der Waals surface area contributed by atoms with Crippen molar-refractivity contribution < 1.29 is 95.8 Å². The number of aliphatic hydroxyl groups is 4. The molecule has 1 saturated heterocycles. The number of carboxylic acid groups (broad SMARTS) is 1. The zero-order chi connectivity index (χ0) is 48.4. The van der Waals surface area contributed by atoms with Gasteiger partial charge in [-0.2, -0.15) is 13.2 Å². The van der Waals surface area contributed by atoms with E-state index in [2.05, 4.69) is 16.0 Å². The molecule has 1 heterocycles. The average Bonchev–Trinajstić information content (AvgIpc) is 3.29. The lowest BCUT2D eigenvalue weighted by Crippen LogP contribution is -2.68. The van der Waals surface area contributed by atoms with Crippen LogP contribution in [-0.2, 0) is 63.6 Å². The molecule has 1 aliphatic rings. The van der Waals surface area contributed by atoms with Gasteiger partial charge in [0.15, 0.2) is 0 Å². The first-order chi connectivity index (χ1) is 31.6. The van der Waals surface area contributed by atoms with Crippen molar-refractivity contribution in [2.75, 3.05) is 98.9 Å². The molecule has 2 aromatic carbocycles. The first kappa shape index (κ1) is 55.5. The van der Waals surface area contributed by atoms with Gasteiger partial charge < -0.3 is 80.0 Å². The summed E-state index contributed by atoms with van der Waals surface area (Å²) in [6.07, 6.45) is -13.2. The Morgan fingerprint density at radius 2 is 1.26 bits per heavy atom. The fraction of sp³-hybridized carbons (Fsp3) is 0.595. The van der Waals surface area contributed by atoms with Gasteiger partial charge in [-0.1, -0.05) is 54.6 Å². The number of amides is 4. The monoisotopic (exact) mass is 948 g/mol. The minimum atomic E-state index is -4.94. The summed E-state index contributed by atoms with van der Waals surface area (Å²) in [5, 5.41) is 61.6. The molecule has 2 aromatic rings. The summed E-state index contributed by atoms with van der Waals surface area (Å²) in [4.78, 5) is 60.2. The van der Waals surface area contributed by atoms with Crippen LogP contribution in [0, 0.1) is 0 Å². The molecule has 3 rings (SSSR count). The van der Waals surface area contributed by atoms with Crippen LogP contribution >= 0.6 is 0 Å². The van der Waals surface area contributed by atoms with E-state index in [1.165, 1.54) is 0 Å². The molecule has 6 atom stereocenters. The lowest BCUT2D eigenvalue weighted by atomic mass is 9.88. The molecule has 0 saturated carbocycles. The zero-order valence-corrected chi connectivity index (χ0v) is 36.1. The molecule has 24 heteroatoms. The summed E-state index contributed by atoms with van der Waals surface area (Å²) in [5.41, 5.74) is 2.61. The Hall–Kier alpha value is -4.86. The maximum Gasteiger partial charge on any atom is 0.471 e. The molecule has 66 heavy (non-hydrogen) atoms. The molecule has 0 unspecified atom stereocenters. The highest BCUT2D eigenvalue weighted by molar-refractivity contribution is 5.81. The van der Waals surface area contributed by atoms with E-state index in [0.717, 1.165) is 11.1 Å². The number of aliphatic carboxylic acids is 1. The Balaban J connectivity index is 1.31. The maximum absolute atomic E-state index is 12.7. The molecule has 0 aromatic heterocycles. The number of ether oxygens (including phenoxy) is 7. The Labute approximate surface area is 378 Å². The van der Waals surface area contributed by atoms with Crippen molar-refractivity contribution in [3.05, 3.63) is 60.2 Å². The number of aliphatic hydroxyl groups excluding tert-OH is 4. The van der Waals surface area contributed by atoms with Crippen LogP contribution in [0.25, 0.3) is 11.1 Å². The van der Waals surface area contributed by atoms with Gasteiger partial charge in [-0.3, -0.25) is 19.2 Å². The lowest BCUT2D eigenvalue weighted by molar-refractivity contribution is -0.312. The van der Waals surface area contributed by atoms with Crippen molar-refractivity contribution in [3.8, 4) is 11.1 Å². The van der Waals surface area contributed by atoms with Crippen LogP contribution in [0.15, 0.2) is 54.6 Å². The number of carboxylic acids is 1. The molecule has 4 amide bonds. The predicted molar refractivity (Wildman–Crippen MR) is 222 cm³/mol. The van der Waals surface area contributed by atoms with Gasteiger partial charge in [-0.05, 0) is 16.7 Å². The first-order valence-corrected chi connectivity index (χ1v) is 21.0. The maximum atomic E-state index is 12.7. The summed E-state index contributed by atoms with van der Waals surface area (Å²) in [6.45, 7) is -1.10. The van der Waals surface area contributed by atoms with E-state index in [0.29, 0.717) is 5.56 Å². The van der Waals surface area contributed by atoms with Crippen molar-refractivity contribution >= 4 is 29.6 Å². The van der Waals surface area contributed by atoms with Crippen LogP contribution in [0.2, 0.25) is 0 Å². The molecule has 21 nitrogen and oxygen atoms in total. The van der Waals surface area contributed by atoms with E-state index < -0.39 is 92.3 Å². The zero-order valence-electron chi connectivity index (χ0n) is 36.1. The average molecular weight is 949 g/mol. The topological polar surface area (TPSA) is 299 Å². The third kappa shape index (κ3) is 20.3. The first-order valence-electron chi connectivity index (χ1n) is 21.0. The number of halogens is 3. The number of benzene rings is 2. The molecule has 0 bridgehead atoms. The molecule has 1 fully saturated rings. The smallest absolute Gasteiger partial charge is 0.471 e. The molecule has 1 aliphatic heterocycles. The highest BCUT2D eigenvalue weighted by Gasteiger charge is 2.56. The number of hydrogen-bond acceptors (Lipinski definition) is 16. The molecule has 370 valence electrons. The second-order valence-corrected chi connectivity index (χ2v) is 14.5. The number of alkyl halides is 3. The van der Waals surface area contributed by atoms with E-state index in [4.69, 9.17) is 33.2 Å². The number of carbonyl (C=O) groups is 5. The van der Waals surface area contributed by atoms with Gasteiger partial charge in [-0.25, -0.2) is 4.79 Å². The number of carbonyl (C=O) groups excluding carboxylic acids is 4. The Bertz CT molecular complexity index is 1770. The van der Waals surface area contributed by atoms with E-state index in [-0.39, 0.29) is 97.9 Å². The van der Waals surface area contributed by atoms with Crippen LogP contribution in [0.5, 0.6) is 0 Å². The number of hydrogen-bond donors (Lipinski definition) is 9. The molecular weight excluding hydrogens is 889 g/mol. The molecule has 0 spiro atoms. The van der Waals surface area contributed by atoms with Gasteiger partial charge in [-0.15, -0.1) is 0 Å². The molecule has 9 N–H and O–H groups in total. The third-order valence-corrected chi connectivity index (χ3v) is 9.55. The minimum absolute atomic E-state index is 0.0690. The van der Waals surface area contributed by atoms with Gasteiger partial charge in [0, 0.05) is 32.5 Å². The van der Waals surface area contributed by atoms with Crippen molar-refractivity contribution in [1.82, 2.24) is 21.3 Å². The van der Waals surface area contributed by atoms with Gasteiger partial charge in [0.1, 0.15) is 18.8 Å². The quantitative estimate of drug-likeness (QED) is 0.0374. The normalized spacial score (nSPS) is 19.3. The summed E-state index contributed by atoms with van der Waals surface area (Å²) < 4.78 is 73.8. The third-order valence-electron chi connectivity index (χ3n) is 9.55. The van der Waals surface area contributed by atoms with Crippen LogP contribution in [0.3, 0.4) is 0 Å². The van der Waals surface area contributed by atoms with E-state index >= 15 is 0 Å². The van der Waals surface area contributed by atoms with Crippen LogP contribution in [-0.4, -0.2) is 196 Å². The lowest BCUT2D eigenvalue weighted by Gasteiger charge is -2.46.